The zero-order valence-corrected chi connectivity index (χ0v) is 16.0. The molecule has 0 bridgehead atoms. The van der Waals surface area contributed by atoms with Crippen molar-refractivity contribution < 1.29 is 19.5 Å². The fraction of sp³-hybridized carbons (Fsp3) is 0.412. The van der Waals surface area contributed by atoms with Crippen LogP contribution in [0, 0.1) is 5.92 Å². The van der Waals surface area contributed by atoms with Gasteiger partial charge >= 0.3 is 5.97 Å². The largest absolute Gasteiger partial charge is 0.480 e. The molecule has 0 aromatic carbocycles. The fourth-order valence-corrected chi connectivity index (χ4v) is 2.69. The third-order valence-electron chi connectivity index (χ3n) is 3.58. The van der Waals surface area contributed by atoms with E-state index in [0.29, 0.717) is 5.69 Å². The molecule has 1 aromatic heterocycles. The maximum atomic E-state index is 12.4. The number of aliphatic carboxylic acids is 1. The molecule has 0 fully saturated rings. The molecule has 0 radical (unpaired) electrons. The van der Waals surface area contributed by atoms with Gasteiger partial charge in [-0.15, -0.1) is 11.8 Å². The molecule has 9 heteroatoms. The number of nitrogens with zero attached hydrogens (tertiary/aromatic N) is 1. The average molecular weight is 380 g/mol. The van der Waals surface area contributed by atoms with Crippen LogP contribution < -0.4 is 16.4 Å². The second kappa shape index (κ2) is 9.93. The predicted octanol–water partition coefficient (Wildman–Crippen LogP) is 1.12. The van der Waals surface area contributed by atoms with Gasteiger partial charge < -0.3 is 21.5 Å². The average Bonchev–Trinajstić information content (AvgIpc) is 2.62. The first-order valence-electron chi connectivity index (χ1n) is 8.00. The molecule has 0 aliphatic heterocycles. The number of amides is 2. The minimum Gasteiger partial charge on any atom is -0.480 e. The third-order valence-corrected chi connectivity index (χ3v) is 4.39. The number of hydrogen-bond donors (Lipinski definition) is 4. The molecule has 0 aliphatic carbocycles. The Bertz CT molecular complexity index is 719. The van der Waals surface area contributed by atoms with E-state index in [1.54, 1.807) is 32.9 Å². The highest BCUT2D eigenvalue weighted by Crippen LogP contribution is 2.18. The van der Waals surface area contributed by atoms with Gasteiger partial charge in [-0.3, -0.25) is 9.59 Å². The zero-order valence-electron chi connectivity index (χ0n) is 15.2. The van der Waals surface area contributed by atoms with Crippen LogP contribution >= 0.6 is 11.8 Å². The standard InChI is InChI=1S/C17H24N4O4S/c1-5-10(15(22)21-14(9(2)3)17(24)25)20-16(23)11-6-7-13(26-4)12(8-18)19-11/h5-7,9,14H,8,18H2,1-4H3,(H,20,23)(H,21,22)(H,24,25)/b10-5-/t14-/m0/s1. The first-order chi connectivity index (χ1) is 12.2. The van der Waals surface area contributed by atoms with Crippen molar-refractivity contribution >= 4 is 29.5 Å². The molecule has 0 spiro atoms. The molecule has 142 valence electrons. The summed E-state index contributed by atoms with van der Waals surface area (Å²) in [4.78, 5) is 41.0. The van der Waals surface area contributed by atoms with E-state index < -0.39 is 23.8 Å². The molecule has 1 heterocycles. The summed E-state index contributed by atoms with van der Waals surface area (Å²) in [5, 5.41) is 14.0. The van der Waals surface area contributed by atoms with E-state index in [9.17, 15) is 14.4 Å². The van der Waals surface area contributed by atoms with Crippen LogP contribution in [0.3, 0.4) is 0 Å². The molecule has 0 aliphatic rings. The van der Waals surface area contributed by atoms with Gasteiger partial charge in [0.1, 0.15) is 17.4 Å². The normalized spacial score (nSPS) is 12.6. The number of carbonyl (C=O) groups excluding carboxylic acids is 2. The quantitative estimate of drug-likeness (QED) is 0.392. The van der Waals surface area contributed by atoms with E-state index in [0.717, 1.165) is 4.90 Å². The molecule has 0 unspecified atom stereocenters. The second-order valence-electron chi connectivity index (χ2n) is 5.74. The van der Waals surface area contributed by atoms with Gasteiger partial charge in [0, 0.05) is 11.4 Å². The Morgan fingerprint density at radius 1 is 1.35 bits per heavy atom. The van der Waals surface area contributed by atoms with E-state index >= 15 is 0 Å². The topological polar surface area (TPSA) is 134 Å². The van der Waals surface area contributed by atoms with E-state index in [2.05, 4.69) is 15.6 Å². The van der Waals surface area contributed by atoms with E-state index in [4.69, 9.17) is 10.8 Å². The third kappa shape index (κ3) is 5.57. The predicted molar refractivity (Wildman–Crippen MR) is 99.5 cm³/mol. The molecule has 8 nitrogen and oxygen atoms in total. The number of thioether (sulfide) groups is 1. The monoisotopic (exact) mass is 380 g/mol. The maximum Gasteiger partial charge on any atom is 0.326 e. The highest BCUT2D eigenvalue weighted by atomic mass is 32.2. The SMILES string of the molecule is C/C=C(\NC(=O)c1ccc(SC)c(CN)n1)C(=O)N[C@H](C(=O)O)C(C)C. The summed E-state index contributed by atoms with van der Waals surface area (Å²) < 4.78 is 0. The van der Waals surface area contributed by atoms with Gasteiger partial charge in [-0.05, 0) is 31.2 Å². The summed E-state index contributed by atoms with van der Waals surface area (Å²) >= 11 is 1.47. The van der Waals surface area contributed by atoms with Crippen molar-refractivity contribution in [3.63, 3.8) is 0 Å². The van der Waals surface area contributed by atoms with Crippen LogP contribution in [-0.4, -0.2) is 40.2 Å². The molecule has 1 rings (SSSR count). The molecule has 2 amide bonds. The second-order valence-corrected chi connectivity index (χ2v) is 6.59. The van der Waals surface area contributed by atoms with Gasteiger partial charge in [-0.1, -0.05) is 19.9 Å². The van der Waals surface area contributed by atoms with Crippen LogP contribution in [0.25, 0.3) is 0 Å². The van der Waals surface area contributed by atoms with Gasteiger partial charge in [0.05, 0.1) is 5.69 Å². The Morgan fingerprint density at radius 3 is 2.46 bits per heavy atom. The number of nitrogens with one attached hydrogen (secondary N) is 2. The van der Waals surface area contributed by atoms with Crippen LogP contribution in [0.5, 0.6) is 0 Å². The number of rotatable bonds is 8. The lowest BCUT2D eigenvalue weighted by atomic mass is 10.0. The zero-order chi connectivity index (χ0) is 19.9. The molecular formula is C17H24N4O4S. The molecule has 0 saturated carbocycles. The van der Waals surface area contributed by atoms with E-state index in [-0.39, 0.29) is 23.9 Å². The van der Waals surface area contributed by atoms with Crippen LogP contribution in [0.4, 0.5) is 0 Å². The molecule has 26 heavy (non-hydrogen) atoms. The van der Waals surface area contributed by atoms with Crippen LogP contribution in [-0.2, 0) is 16.1 Å². The summed E-state index contributed by atoms with van der Waals surface area (Å²) in [5.41, 5.74) is 6.30. The first kappa shape index (κ1) is 21.7. The van der Waals surface area contributed by atoms with Crippen molar-refractivity contribution in [1.82, 2.24) is 15.6 Å². The number of pyridine rings is 1. The Hall–Kier alpha value is -2.39. The summed E-state index contributed by atoms with van der Waals surface area (Å²) in [6.07, 6.45) is 3.28. The first-order valence-corrected chi connectivity index (χ1v) is 9.22. The molecular weight excluding hydrogens is 356 g/mol. The van der Waals surface area contributed by atoms with Crippen molar-refractivity contribution in [2.45, 2.75) is 38.3 Å². The minimum atomic E-state index is -1.14. The van der Waals surface area contributed by atoms with Crippen LogP contribution in [0.1, 0.15) is 37.0 Å². The van der Waals surface area contributed by atoms with Gasteiger partial charge in [-0.2, -0.15) is 0 Å². The summed E-state index contributed by atoms with van der Waals surface area (Å²) in [6.45, 7) is 5.11. The number of hydrogen-bond acceptors (Lipinski definition) is 6. The summed E-state index contributed by atoms with van der Waals surface area (Å²) in [7, 11) is 0. The smallest absolute Gasteiger partial charge is 0.326 e. The minimum absolute atomic E-state index is 0.0491. The molecule has 1 aromatic rings. The molecule has 0 saturated heterocycles. The van der Waals surface area contributed by atoms with Crippen molar-refractivity contribution in [3.05, 3.63) is 35.3 Å². The Kier molecular flexibility index (Phi) is 8.27. The fourth-order valence-electron chi connectivity index (χ4n) is 2.13. The lowest BCUT2D eigenvalue weighted by Crippen LogP contribution is -2.47. The Labute approximate surface area is 156 Å². The van der Waals surface area contributed by atoms with Crippen molar-refractivity contribution in [3.8, 4) is 0 Å². The number of carboxylic acid groups (broad SMARTS) is 1. The number of carboxylic acids is 1. The maximum absolute atomic E-state index is 12.4. The van der Waals surface area contributed by atoms with Gasteiger partial charge in [0.15, 0.2) is 0 Å². The highest BCUT2D eigenvalue weighted by molar-refractivity contribution is 7.98. The van der Waals surface area contributed by atoms with Crippen LogP contribution in [0.15, 0.2) is 28.8 Å². The lowest BCUT2D eigenvalue weighted by molar-refractivity contribution is -0.142. The number of allylic oxidation sites excluding steroid dienone is 1. The van der Waals surface area contributed by atoms with E-state index in [1.165, 1.54) is 17.8 Å². The van der Waals surface area contributed by atoms with Gasteiger partial charge in [0.2, 0.25) is 0 Å². The van der Waals surface area contributed by atoms with Gasteiger partial charge in [-0.25, -0.2) is 9.78 Å². The Morgan fingerprint density at radius 2 is 2.00 bits per heavy atom. The Balaban J connectivity index is 2.92. The number of carbonyl (C=O) groups is 3. The van der Waals surface area contributed by atoms with Crippen molar-refractivity contribution in [1.29, 1.82) is 0 Å². The molecule has 1 atom stereocenters. The summed E-state index contributed by atoms with van der Waals surface area (Å²) in [6, 6.07) is 2.22. The van der Waals surface area contributed by atoms with Crippen molar-refractivity contribution in [2.75, 3.05) is 6.26 Å². The van der Waals surface area contributed by atoms with E-state index in [1.807, 2.05) is 6.26 Å². The van der Waals surface area contributed by atoms with Gasteiger partial charge in [0.25, 0.3) is 11.8 Å². The number of nitrogens with two attached hydrogens (primary N) is 1. The van der Waals surface area contributed by atoms with Crippen LogP contribution in [0.2, 0.25) is 0 Å². The lowest BCUT2D eigenvalue weighted by Gasteiger charge is -2.19. The summed E-state index contributed by atoms with van der Waals surface area (Å²) in [5.74, 6) is -2.70. The van der Waals surface area contributed by atoms with Crippen molar-refractivity contribution in [2.24, 2.45) is 11.7 Å². The number of aromatic nitrogens is 1. The molecule has 5 N–H and O–H groups in total. The highest BCUT2D eigenvalue weighted by Gasteiger charge is 2.25.